The lowest BCUT2D eigenvalue weighted by atomic mass is 10.0. The number of benzene rings is 6. The molecule has 0 atom stereocenters. The van der Waals surface area contributed by atoms with Crippen molar-refractivity contribution in [2.75, 3.05) is 0 Å². The maximum atomic E-state index is 3.88. The van der Waals surface area contributed by atoms with Crippen LogP contribution in [0.2, 0.25) is 0 Å². The number of hydrogen-bond donors (Lipinski definition) is 0. The van der Waals surface area contributed by atoms with E-state index in [0.29, 0.717) is 0 Å². The van der Waals surface area contributed by atoms with Crippen LogP contribution in [0.5, 0.6) is 0 Å². The van der Waals surface area contributed by atoms with E-state index in [2.05, 4.69) is 153 Å². The zero-order chi connectivity index (χ0) is 38.0. The Morgan fingerprint density at radius 3 is 0.906 bits per heavy atom. The molecule has 0 saturated carbocycles. The number of nitrogens with zero attached hydrogens (tertiary/aromatic N) is 1. The van der Waals surface area contributed by atoms with Crippen LogP contribution < -0.4 is 0 Å². The zero-order valence-electron chi connectivity index (χ0n) is 33.1. The van der Waals surface area contributed by atoms with Gasteiger partial charge in [-0.3, -0.25) is 4.98 Å². The summed E-state index contributed by atoms with van der Waals surface area (Å²) in [6.07, 6.45) is 4.63. The number of aryl methyl sites for hydroxylation is 4. The second-order valence-corrected chi connectivity index (χ2v) is 10.8. The monoisotopic (exact) mass is 710 g/mol. The standard InChI is InChI=1S/C14H14.C10H8.2C7H8.C6H7N.3C2H6.2CH4/c1-12-7-9-14(10-8-12)11-13-5-3-2-4-6-13;1-2-6-10-8-4-3-7-9(10)5-1;2*1-7-5-3-2-4-6-7;1-6-3-2-4-7-5-6;3*1-2;;/h2-10H,11H2,1H3;1-8H;2*2-6H,1H3;2-5H,1H3;3*1-2H3;2*1H4. The summed E-state index contributed by atoms with van der Waals surface area (Å²) < 4.78 is 0. The highest BCUT2D eigenvalue weighted by Gasteiger charge is 1.94. The van der Waals surface area contributed by atoms with Crippen LogP contribution in [0.25, 0.3) is 10.8 Å². The Balaban J connectivity index is -0.000000578. The number of pyridine rings is 1. The molecule has 0 aliphatic rings. The molecule has 0 spiro atoms. The molecule has 0 unspecified atom stereocenters. The molecular weight excluding hydrogens is 639 g/mol. The Morgan fingerprint density at radius 1 is 0.321 bits per heavy atom. The summed E-state index contributed by atoms with van der Waals surface area (Å²) in [5.74, 6) is 0. The van der Waals surface area contributed by atoms with E-state index in [1.54, 1.807) is 6.20 Å². The van der Waals surface area contributed by atoms with Crippen LogP contribution in [-0.4, -0.2) is 4.98 Å². The maximum Gasteiger partial charge on any atom is 0.0297 e. The molecule has 1 heterocycles. The highest BCUT2D eigenvalue weighted by atomic mass is 14.6. The zero-order valence-corrected chi connectivity index (χ0v) is 33.1. The van der Waals surface area contributed by atoms with E-state index in [1.165, 1.54) is 44.2 Å². The number of hydrogen-bond acceptors (Lipinski definition) is 1. The second kappa shape index (κ2) is 36.5. The molecular formula is C52H71N. The van der Waals surface area contributed by atoms with E-state index in [4.69, 9.17) is 0 Å². The molecule has 1 heteroatoms. The lowest BCUT2D eigenvalue weighted by Crippen LogP contribution is -1.86. The average molecular weight is 710 g/mol. The number of rotatable bonds is 2. The van der Waals surface area contributed by atoms with Crippen molar-refractivity contribution in [2.24, 2.45) is 0 Å². The third kappa shape index (κ3) is 27.1. The van der Waals surface area contributed by atoms with Crippen molar-refractivity contribution >= 4 is 10.8 Å². The molecule has 0 radical (unpaired) electrons. The van der Waals surface area contributed by atoms with Crippen molar-refractivity contribution in [1.82, 2.24) is 4.98 Å². The van der Waals surface area contributed by atoms with E-state index in [1.807, 2.05) is 103 Å². The largest absolute Gasteiger partial charge is 0.264 e. The van der Waals surface area contributed by atoms with Crippen molar-refractivity contribution in [3.8, 4) is 0 Å². The van der Waals surface area contributed by atoms with Crippen molar-refractivity contribution < 1.29 is 0 Å². The fraction of sp³-hybridized carbons (Fsp3) is 0.250. The molecule has 0 saturated heterocycles. The van der Waals surface area contributed by atoms with Gasteiger partial charge in [-0.15, -0.1) is 0 Å². The van der Waals surface area contributed by atoms with Crippen molar-refractivity contribution in [1.29, 1.82) is 0 Å². The Labute approximate surface area is 326 Å². The quantitative estimate of drug-likeness (QED) is 0.174. The van der Waals surface area contributed by atoms with Crippen LogP contribution in [0.4, 0.5) is 0 Å². The van der Waals surface area contributed by atoms with E-state index in [-0.39, 0.29) is 14.9 Å². The lowest BCUT2D eigenvalue weighted by molar-refractivity contribution is 1.19. The summed E-state index contributed by atoms with van der Waals surface area (Å²) >= 11 is 0. The van der Waals surface area contributed by atoms with Crippen LogP contribution in [0.1, 0.15) is 89.8 Å². The van der Waals surface area contributed by atoms with Gasteiger partial charge in [-0.05, 0) is 67.6 Å². The average Bonchev–Trinajstić information content (AvgIpc) is 3.20. The molecule has 1 aromatic heterocycles. The molecule has 0 bridgehead atoms. The molecule has 284 valence electrons. The van der Waals surface area contributed by atoms with Crippen LogP contribution in [-0.2, 0) is 6.42 Å². The van der Waals surface area contributed by atoms with Crippen molar-refractivity contribution in [2.45, 2.75) is 90.5 Å². The Bertz CT molecular complexity index is 1560. The molecule has 1 nitrogen and oxygen atoms in total. The van der Waals surface area contributed by atoms with Gasteiger partial charge in [0.05, 0.1) is 0 Å². The summed E-state index contributed by atoms with van der Waals surface area (Å²) in [5.41, 5.74) is 7.92. The van der Waals surface area contributed by atoms with Crippen molar-refractivity contribution in [3.05, 3.63) is 222 Å². The first-order chi connectivity index (χ1) is 25.0. The van der Waals surface area contributed by atoms with E-state index >= 15 is 0 Å². The maximum absolute atomic E-state index is 3.88. The molecule has 7 aromatic rings. The SMILES string of the molecule is C.C.CC.CC.CC.Cc1ccc(Cc2ccccc2)cc1.Cc1ccccc1.Cc1ccccc1.Cc1cccnc1.c1ccc2ccccc2c1. The number of aromatic nitrogens is 1. The Hall–Kier alpha value is -5.27. The minimum Gasteiger partial charge on any atom is -0.264 e. The van der Waals surface area contributed by atoms with Gasteiger partial charge in [0.1, 0.15) is 0 Å². The van der Waals surface area contributed by atoms with Crippen LogP contribution in [0.3, 0.4) is 0 Å². The fourth-order valence-corrected chi connectivity index (χ4v) is 4.19. The number of fused-ring (bicyclic) bond motifs is 1. The highest BCUT2D eigenvalue weighted by Crippen LogP contribution is 2.11. The van der Waals surface area contributed by atoms with Gasteiger partial charge in [0.15, 0.2) is 0 Å². The van der Waals surface area contributed by atoms with Gasteiger partial charge in [0.2, 0.25) is 0 Å². The van der Waals surface area contributed by atoms with Gasteiger partial charge in [-0.25, -0.2) is 0 Å². The third-order valence-electron chi connectivity index (χ3n) is 6.72. The Kier molecular flexibility index (Phi) is 35.9. The predicted octanol–water partition coefficient (Wildman–Crippen LogP) is 16.2. The minimum atomic E-state index is 0. The van der Waals surface area contributed by atoms with E-state index in [0.717, 1.165) is 6.42 Å². The summed E-state index contributed by atoms with van der Waals surface area (Å²) in [6, 6.07) is 60.5. The second-order valence-electron chi connectivity index (χ2n) is 10.8. The van der Waals surface area contributed by atoms with Crippen molar-refractivity contribution in [3.63, 3.8) is 0 Å². The summed E-state index contributed by atoms with van der Waals surface area (Å²) in [6.45, 7) is 20.3. The van der Waals surface area contributed by atoms with E-state index < -0.39 is 0 Å². The normalized spacial score (nSPS) is 8.34. The molecule has 53 heavy (non-hydrogen) atoms. The van der Waals surface area contributed by atoms with Crippen LogP contribution in [0, 0.1) is 27.7 Å². The van der Waals surface area contributed by atoms with Gasteiger partial charge in [0.25, 0.3) is 0 Å². The first-order valence-electron chi connectivity index (χ1n) is 18.4. The lowest BCUT2D eigenvalue weighted by Gasteiger charge is -2.01. The van der Waals surface area contributed by atoms with Crippen LogP contribution >= 0.6 is 0 Å². The summed E-state index contributed by atoms with van der Waals surface area (Å²) in [5, 5.41) is 2.62. The highest BCUT2D eigenvalue weighted by molar-refractivity contribution is 5.82. The van der Waals surface area contributed by atoms with Crippen LogP contribution in [0.15, 0.2) is 188 Å². The Morgan fingerprint density at radius 2 is 0.623 bits per heavy atom. The third-order valence-corrected chi connectivity index (χ3v) is 6.72. The molecule has 0 fully saturated rings. The molecule has 0 aliphatic heterocycles. The summed E-state index contributed by atoms with van der Waals surface area (Å²) in [7, 11) is 0. The first-order valence-corrected chi connectivity index (χ1v) is 18.4. The molecule has 6 aromatic carbocycles. The summed E-state index contributed by atoms with van der Waals surface area (Å²) in [4.78, 5) is 3.88. The molecule has 0 N–H and O–H groups in total. The first kappa shape index (κ1) is 52.1. The van der Waals surface area contributed by atoms with Gasteiger partial charge in [-0.1, -0.05) is 243 Å². The smallest absolute Gasteiger partial charge is 0.0297 e. The fourth-order valence-electron chi connectivity index (χ4n) is 4.19. The van der Waals surface area contributed by atoms with Gasteiger partial charge >= 0.3 is 0 Å². The predicted molar refractivity (Wildman–Crippen MR) is 243 cm³/mol. The van der Waals surface area contributed by atoms with Gasteiger partial charge in [0, 0.05) is 12.4 Å². The minimum absolute atomic E-state index is 0. The molecule has 0 aliphatic carbocycles. The molecule has 7 rings (SSSR count). The van der Waals surface area contributed by atoms with Gasteiger partial charge < -0.3 is 0 Å². The van der Waals surface area contributed by atoms with Gasteiger partial charge in [-0.2, -0.15) is 0 Å². The molecule has 0 amide bonds. The van der Waals surface area contributed by atoms with E-state index in [9.17, 15) is 0 Å². The topological polar surface area (TPSA) is 12.9 Å².